The van der Waals surface area contributed by atoms with Crippen molar-refractivity contribution in [2.45, 2.75) is 27.2 Å². The van der Waals surface area contributed by atoms with E-state index in [1.165, 1.54) is 0 Å². The molecule has 0 radical (unpaired) electrons. The van der Waals surface area contributed by atoms with Gasteiger partial charge in [0.1, 0.15) is 0 Å². The molecule has 0 saturated heterocycles. The van der Waals surface area contributed by atoms with Crippen molar-refractivity contribution in [3.63, 3.8) is 0 Å². The molecule has 0 aromatic carbocycles. The maximum atomic E-state index is 5.58. The van der Waals surface area contributed by atoms with Crippen molar-refractivity contribution in [2.75, 3.05) is 31.1 Å². The highest BCUT2D eigenvalue weighted by molar-refractivity contribution is 5.37. The van der Waals surface area contributed by atoms with Crippen LogP contribution in [0.4, 0.5) is 5.82 Å². The van der Waals surface area contributed by atoms with Crippen molar-refractivity contribution in [3.8, 4) is 5.88 Å². The number of hydrogen-bond donors (Lipinski definition) is 1. The summed E-state index contributed by atoms with van der Waals surface area (Å²) < 4.78 is 5.38. The average molecular weight is 252 g/mol. The fraction of sp³-hybridized carbons (Fsp3) is 0.692. The Morgan fingerprint density at radius 3 is 2.78 bits per heavy atom. The van der Waals surface area contributed by atoms with Gasteiger partial charge in [-0.15, -0.1) is 0 Å². The van der Waals surface area contributed by atoms with Crippen molar-refractivity contribution >= 4 is 5.82 Å². The summed E-state index contributed by atoms with van der Waals surface area (Å²) >= 11 is 0. The summed E-state index contributed by atoms with van der Waals surface area (Å²) in [5.74, 6) is 2.01. The second kappa shape index (κ2) is 7.87. The summed E-state index contributed by atoms with van der Waals surface area (Å²) in [6, 6.07) is 0. The lowest BCUT2D eigenvalue weighted by Crippen LogP contribution is -2.30. The summed E-state index contributed by atoms with van der Waals surface area (Å²) in [6.07, 6.45) is 4.37. The number of anilines is 1. The van der Waals surface area contributed by atoms with E-state index in [0.29, 0.717) is 24.9 Å². The smallest absolute Gasteiger partial charge is 0.234 e. The number of rotatable bonds is 8. The SMILES string of the molecule is CCOc1cncc(N(CCCN)CC(C)C)n1. The van der Waals surface area contributed by atoms with Crippen LogP contribution >= 0.6 is 0 Å². The third kappa shape index (κ3) is 4.87. The summed E-state index contributed by atoms with van der Waals surface area (Å²) in [5, 5.41) is 0. The zero-order valence-corrected chi connectivity index (χ0v) is 11.6. The fourth-order valence-corrected chi connectivity index (χ4v) is 1.73. The molecule has 18 heavy (non-hydrogen) atoms. The predicted octanol–water partition coefficient (Wildman–Crippen LogP) is 1.69. The van der Waals surface area contributed by atoms with Crippen LogP contribution in [0.25, 0.3) is 0 Å². The van der Waals surface area contributed by atoms with E-state index in [1.807, 2.05) is 6.92 Å². The maximum Gasteiger partial charge on any atom is 0.234 e. The lowest BCUT2D eigenvalue weighted by atomic mass is 10.2. The molecule has 0 saturated carbocycles. The highest BCUT2D eigenvalue weighted by Crippen LogP contribution is 2.15. The normalized spacial score (nSPS) is 10.7. The van der Waals surface area contributed by atoms with E-state index >= 15 is 0 Å². The van der Waals surface area contributed by atoms with E-state index in [1.54, 1.807) is 12.4 Å². The van der Waals surface area contributed by atoms with E-state index in [-0.39, 0.29) is 0 Å². The van der Waals surface area contributed by atoms with Crippen LogP contribution < -0.4 is 15.4 Å². The van der Waals surface area contributed by atoms with Gasteiger partial charge in [0.25, 0.3) is 0 Å². The van der Waals surface area contributed by atoms with Crippen molar-refractivity contribution < 1.29 is 4.74 Å². The molecular weight excluding hydrogens is 228 g/mol. The van der Waals surface area contributed by atoms with Crippen LogP contribution in [0.3, 0.4) is 0 Å². The first-order valence-corrected chi connectivity index (χ1v) is 6.57. The molecule has 2 N–H and O–H groups in total. The Bertz CT molecular complexity index is 344. The molecule has 102 valence electrons. The molecule has 0 unspecified atom stereocenters. The molecule has 1 rings (SSSR count). The Balaban J connectivity index is 2.78. The van der Waals surface area contributed by atoms with E-state index < -0.39 is 0 Å². The topological polar surface area (TPSA) is 64.3 Å². The first-order valence-electron chi connectivity index (χ1n) is 6.57. The van der Waals surface area contributed by atoms with Gasteiger partial charge in [-0.25, -0.2) is 0 Å². The molecule has 0 fully saturated rings. The van der Waals surface area contributed by atoms with Crippen LogP contribution in [0, 0.1) is 5.92 Å². The van der Waals surface area contributed by atoms with Crippen LogP contribution in [0.2, 0.25) is 0 Å². The molecule has 0 bridgehead atoms. The van der Waals surface area contributed by atoms with Crippen LogP contribution in [-0.2, 0) is 0 Å². The largest absolute Gasteiger partial charge is 0.477 e. The Hall–Kier alpha value is -1.36. The van der Waals surface area contributed by atoms with Gasteiger partial charge in [0.2, 0.25) is 5.88 Å². The zero-order valence-electron chi connectivity index (χ0n) is 11.6. The summed E-state index contributed by atoms with van der Waals surface area (Å²) in [4.78, 5) is 10.9. The molecule has 1 aromatic rings. The molecule has 0 aliphatic carbocycles. The van der Waals surface area contributed by atoms with Crippen molar-refractivity contribution in [1.82, 2.24) is 9.97 Å². The minimum Gasteiger partial charge on any atom is -0.477 e. The van der Waals surface area contributed by atoms with Gasteiger partial charge in [0.15, 0.2) is 5.82 Å². The molecule has 5 heteroatoms. The summed E-state index contributed by atoms with van der Waals surface area (Å²) in [7, 11) is 0. The average Bonchev–Trinajstić information content (AvgIpc) is 2.35. The summed E-state index contributed by atoms with van der Waals surface area (Å²) in [6.45, 7) is 9.46. The number of aromatic nitrogens is 2. The second-order valence-corrected chi connectivity index (χ2v) is 4.63. The standard InChI is InChI=1S/C13H24N4O/c1-4-18-13-9-15-8-12(16-13)17(7-5-6-14)10-11(2)3/h8-9,11H,4-7,10,14H2,1-3H3. The van der Waals surface area contributed by atoms with Crippen LogP contribution in [0.1, 0.15) is 27.2 Å². The Morgan fingerprint density at radius 2 is 2.17 bits per heavy atom. The van der Waals surface area contributed by atoms with E-state index in [0.717, 1.165) is 25.3 Å². The molecule has 0 amide bonds. The lowest BCUT2D eigenvalue weighted by molar-refractivity contribution is 0.325. The van der Waals surface area contributed by atoms with Gasteiger partial charge in [-0.3, -0.25) is 4.98 Å². The van der Waals surface area contributed by atoms with Gasteiger partial charge in [-0.2, -0.15) is 4.98 Å². The minimum atomic E-state index is 0.570. The Labute approximate surface area is 109 Å². The van der Waals surface area contributed by atoms with Gasteiger partial charge in [0.05, 0.1) is 19.0 Å². The van der Waals surface area contributed by atoms with Gasteiger partial charge in [0, 0.05) is 13.1 Å². The molecule has 0 atom stereocenters. The third-order valence-corrected chi connectivity index (χ3v) is 2.43. The molecule has 0 spiro atoms. The van der Waals surface area contributed by atoms with E-state index in [9.17, 15) is 0 Å². The monoisotopic (exact) mass is 252 g/mol. The highest BCUT2D eigenvalue weighted by atomic mass is 16.5. The quantitative estimate of drug-likeness (QED) is 0.762. The van der Waals surface area contributed by atoms with Gasteiger partial charge in [-0.05, 0) is 25.8 Å². The first kappa shape index (κ1) is 14.7. The number of ether oxygens (including phenoxy) is 1. The summed E-state index contributed by atoms with van der Waals surface area (Å²) in [5.41, 5.74) is 5.58. The Morgan fingerprint density at radius 1 is 1.39 bits per heavy atom. The third-order valence-electron chi connectivity index (χ3n) is 2.43. The van der Waals surface area contributed by atoms with Crippen LogP contribution in [0.5, 0.6) is 5.88 Å². The number of hydrogen-bond acceptors (Lipinski definition) is 5. The fourth-order valence-electron chi connectivity index (χ4n) is 1.73. The van der Waals surface area contributed by atoms with Crippen LogP contribution in [0.15, 0.2) is 12.4 Å². The van der Waals surface area contributed by atoms with Crippen LogP contribution in [-0.4, -0.2) is 36.2 Å². The first-order chi connectivity index (χ1) is 8.67. The Kier molecular flexibility index (Phi) is 6.43. The molecule has 1 heterocycles. The zero-order chi connectivity index (χ0) is 13.4. The van der Waals surface area contributed by atoms with Crippen molar-refractivity contribution in [2.24, 2.45) is 11.7 Å². The molecule has 0 aliphatic heterocycles. The van der Waals surface area contributed by atoms with E-state index in [4.69, 9.17) is 10.5 Å². The second-order valence-electron chi connectivity index (χ2n) is 4.63. The molecular formula is C13H24N4O. The van der Waals surface area contributed by atoms with Gasteiger partial charge < -0.3 is 15.4 Å². The highest BCUT2D eigenvalue weighted by Gasteiger charge is 2.11. The lowest BCUT2D eigenvalue weighted by Gasteiger charge is -2.25. The predicted molar refractivity (Wildman–Crippen MR) is 73.9 cm³/mol. The van der Waals surface area contributed by atoms with E-state index in [2.05, 4.69) is 28.7 Å². The van der Waals surface area contributed by atoms with Gasteiger partial charge >= 0.3 is 0 Å². The molecule has 1 aromatic heterocycles. The van der Waals surface area contributed by atoms with Crippen molar-refractivity contribution in [1.29, 1.82) is 0 Å². The van der Waals surface area contributed by atoms with Crippen molar-refractivity contribution in [3.05, 3.63) is 12.4 Å². The van der Waals surface area contributed by atoms with Gasteiger partial charge in [-0.1, -0.05) is 13.8 Å². The molecule has 0 aliphatic rings. The maximum absolute atomic E-state index is 5.58. The number of nitrogens with zero attached hydrogens (tertiary/aromatic N) is 3. The molecule has 5 nitrogen and oxygen atoms in total. The minimum absolute atomic E-state index is 0.570. The number of nitrogens with two attached hydrogens (primary N) is 1.